The summed E-state index contributed by atoms with van der Waals surface area (Å²) in [6.45, 7) is 1.92. The second-order valence-electron chi connectivity index (χ2n) is 5.17. The molecule has 4 rings (SSSR count). The highest BCUT2D eigenvalue weighted by Gasteiger charge is 2.10. The molecule has 0 saturated carbocycles. The maximum Gasteiger partial charge on any atom is 0.123 e. The molecule has 0 aliphatic carbocycles. The van der Waals surface area contributed by atoms with Gasteiger partial charge in [0.2, 0.25) is 0 Å². The van der Waals surface area contributed by atoms with Gasteiger partial charge in [-0.05, 0) is 55.5 Å². The summed E-state index contributed by atoms with van der Waals surface area (Å²) >= 11 is 0. The highest BCUT2D eigenvalue weighted by Crippen LogP contribution is 2.27. The van der Waals surface area contributed by atoms with Gasteiger partial charge in [-0.3, -0.25) is 4.98 Å². The van der Waals surface area contributed by atoms with Gasteiger partial charge < -0.3 is 0 Å². The van der Waals surface area contributed by atoms with E-state index < -0.39 is 0 Å². The van der Waals surface area contributed by atoms with Crippen molar-refractivity contribution in [2.75, 3.05) is 0 Å². The Morgan fingerprint density at radius 2 is 1.64 bits per heavy atom. The van der Waals surface area contributed by atoms with Crippen molar-refractivity contribution in [3.63, 3.8) is 0 Å². The molecule has 0 radical (unpaired) electrons. The Hall–Kier alpha value is -2.88. The molecular weight excluding hydrogens is 277 g/mol. The van der Waals surface area contributed by atoms with E-state index in [1.54, 1.807) is 18.3 Å². The lowest BCUT2D eigenvalue weighted by molar-refractivity contribution is 0.628. The highest BCUT2D eigenvalue weighted by atomic mass is 19.1. The third-order valence-corrected chi connectivity index (χ3v) is 3.71. The van der Waals surface area contributed by atoms with E-state index >= 15 is 0 Å². The van der Waals surface area contributed by atoms with E-state index in [4.69, 9.17) is 4.98 Å². The Morgan fingerprint density at radius 1 is 0.864 bits per heavy atom. The van der Waals surface area contributed by atoms with Gasteiger partial charge in [0.25, 0.3) is 0 Å². The Bertz CT molecular complexity index is 994. The second-order valence-corrected chi connectivity index (χ2v) is 5.17. The van der Waals surface area contributed by atoms with Crippen molar-refractivity contribution in [3.05, 3.63) is 66.2 Å². The predicted octanol–water partition coefficient (Wildman–Crippen LogP) is 4.29. The Labute approximate surface area is 126 Å². The van der Waals surface area contributed by atoms with Gasteiger partial charge in [0.05, 0.1) is 27.9 Å². The fraction of sp³-hybridized carbons (Fsp3) is 0.0556. The van der Waals surface area contributed by atoms with Crippen LogP contribution in [0.5, 0.6) is 0 Å². The van der Waals surface area contributed by atoms with Crippen molar-refractivity contribution in [1.29, 1.82) is 0 Å². The highest BCUT2D eigenvalue weighted by molar-refractivity contribution is 6.02. The summed E-state index contributed by atoms with van der Waals surface area (Å²) < 4.78 is 13.1. The van der Waals surface area contributed by atoms with E-state index in [-0.39, 0.29) is 5.82 Å². The second kappa shape index (κ2) is 4.84. The van der Waals surface area contributed by atoms with E-state index in [9.17, 15) is 4.39 Å². The minimum absolute atomic E-state index is 0.259. The Balaban J connectivity index is 2.05. The van der Waals surface area contributed by atoms with E-state index in [0.717, 1.165) is 38.9 Å². The number of pyridine rings is 1. The van der Waals surface area contributed by atoms with Crippen molar-refractivity contribution in [3.8, 4) is 11.3 Å². The molecule has 4 heteroatoms. The molecule has 22 heavy (non-hydrogen) atoms. The fourth-order valence-corrected chi connectivity index (χ4v) is 2.64. The molecular formula is C18H12FN3. The topological polar surface area (TPSA) is 38.7 Å². The summed E-state index contributed by atoms with van der Waals surface area (Å²) in [5.74, 6) is -0.259. The van der Waals surface area contributed by atoms with Gasteiger partial charge >= 0.3 is 0 Å². The van der Waals surface area contributed by atoms with Crippen LogP contribution in [0.2, 0.25) is 0 Å². The first-order valence-corrected chi connectivity index (χ1v) is 7.00. The van der Waals surface area contributed by atoms with Crippen molar-refractivity contribution in [1.82, 2.24) is 15.0 Å². The van der Waals surface area contributed by atoms with Crippen LogP contribution in [0.25, 0.3) is 33.2 Å². The number of nitrogens with zero attached hydrogens (tertiary/aromatic N) is 3. The number of hydrogen-bond donors (Lipinski definition) is 0. The molecule has 0 aliphatic rings. The van der Waals surface area contributed by atoms with Gasteiger partial charge in [0, 0.05) is 17.1 Å². The largest absolute Gasteiger partial charge is 0.256 e. The van der Waals surface area contributed by atoms with E-state index in [0.29, 0.717) is 0 Å². The van der Waals surface area contributed by atoms with Crippen molar-refractivity contribution in [2.45, 2.75) is 6.92 Å². The zero-order valence-electron chi connectivity index (χ0n) is 11.9. The average Bonchev–Trinajstić information content (AvgIpc) is 2.55. The molecule has 106 valence electrons. The molecule has 0 unspecified atom stereocenters. The van der Waals surface area contributed by atoms with E-state index in [1.165, 1.54) is 12.1 Å². The molecule has 0 spiro atoms. The van der Waals surface area contributed by atoms with Crippen molar-refractivity contribution in [2.24, 2.45) is 0 Å². The van der Waals surface area contributed by atoms with Crippen molar-refractivity contribution < 1.29 is 4.39 Å². The number of aryl methyl sites for hydroxylation is 1. The lowest BCUT2D eigenvalue weighted by Gasteiger charge is -2.08. The number of fused-ring (bicyclic) bond motifs is 3. The summed E-state index contributed by atoms with van der Waals surface area (Å²) in [6, 6.07) is 14.1. The third kappa shape index (κ3) is 2.00. The van der Waals surface area contributed by atoms with Gasteiger partial charge in [-0.1, -0.05) is 0 Å². The third-order valence-electron chi connectivity index (χ3n) is 3.71. The Morgan fingerprint density at radius 3 is 2.45 bits per heavy atom. The molecule has 3 nitrogen and oxygen atoms in total. The van der Waals surface area contributed by atoms with Gasteiger partial charge in [-0.25, -0.2) is 14.4 Å². The smallest absolute Gasteiger partial charge is 0.123 e. The number of halogens is 1. The van der Waals surface area contributed by atoms with Gasteiger partial charge in [-0.15, -0.1) is 0 Å². The van der Waals surface area contributed by atoms with Crippen molar-refractivity contribution >= 4 is 21.9 Å². The van der Waals surface area contributed by atoms with Gasteiger partial charge in [0.15, 0.2) is 0 Å². The maximum atomic E-state index is 13.1. The van der Waals surface area contributed by atoms with Crippen LogP contribution in [0.4, 0.5) is 4.39 Å². The minimum atomic E-state index is -0.259. The predicted molar refractivity (Wildman–Crippen MR) is 85.0 cm³/mol. The first-order valence-electron chi connectivity index (χ1n) is 7.00. The minimum Gasteiger partial charge on any atom is -0.256 e. The monoisotopic (exact) mass is 289 g/mol. The zero-order chi connectivity index (χ0) is 15.1. The number of hydrogen-bond acceptors (Lipinski definition) is 3. The first kappa shape index (κ1) is 12.8. The molecule has 2 heterocycles. The molecule has 4 aromatic rings. The normalized spacial score (nSPS) is 11.2. The quantitative estimate of drug-likeness (QED) is 0.491. The number of aromatic nitrogens is 3. The summed E-state index contributed by atoms with van der Waals surface area (Å²) in [7, 11) is 0. The molecule has 0 saturated heterocycles. The van der Waals surface area contributed by atoms with Gasteiger partial charge in [-0.2, -0.15) is 0 Å². The summed E-state index contributed by atoms with van der Waals surface area (Å²) in [4.78, 5) is 13.8. The molecule has 0 fully saturated rings. The first-order chi connectivity index (χ1) is 10.7. The standard InChI is InChI=1S/C18H12FN3/c1-11-17(12-4-6-13(19)7-5-12)22-18-14-3-2-10-20-15(14)8-9-16(18)21-11/h2-10H,1H3. The molecule has 0 atom stereocenters. The zero-order valence-corrected chi connectivity index (χ0v) is 11.9. The molecule has 2 aromatic heterocycles. The van der Waals surface area contributed by atoms with Crippen LogP contribution in [-0.4, -0.2) is 15.0 Å². The van der Waals surface area contributed by atoms with E-state index in [1.807, 2.05) is 31.2 Å². The van der Waals surface area contributed by atoms with Crippen LogP contribution >= 0.6 is 0 Å². The van der Waals surface area contributed by atoms with Crippen LogP contribution in [0, 0.1) is 12.7 Å². The van der Waals surface area contributed by atoms with Crippen LogP contribution < -0.4 is 0 Å². The summed E-state index contributed by atoms with van der Waals surface area (Å²) in [6.07, 6.45) is 1.76. The fourth-order valence-electron chi connectivity index (χ4n) is 2.64. The maximum absolute atomic E-state index is 13.1. The van der Waals surface area contributed by atoms with E-state index in [2.05, 4.69) is 9.97 Å². The molecule has 0 aliphatic heterocycles. The van der Waals surface area contributed by atoms with Crippen LogP contribution in [0.1, 0.15) is 5.69 Å². The number of benzene rings is 2. The molecule has 2 aromatic carbocycles. The SMILES string of the molecule is Cc1nc2ccc3ncccc3c2nc1-c1ccc(F)cc1. The molecule has 0 bridgehead atoms. The molecule has 0 N–H and O–H groups in total. The van der Waals surface area contributed by atoms with Crippen LogP contribution in [-0.2, 0) is 0 Å². The average molecular weight is 289 g/mol. The van der Waals surface area contributed by atoms with Crippen LogP contribution in [0.3, 0.4) is 0 Å². The number of rotatable bonds is 1. The summed E-state index contributed by atoms with van der Waals surface area (Å²) in [5.41, 5.74) is 4.98. The summed E-state index contributed by atoms with van der Waals surface area (Å²) in [5, 5.41) is 0.968. The van der Waals surface area contributed by atoms with Crippen LogP contribution in [0.15, 0.2) is 54.7 Å². The molecule has 0 amide bonds. The lowest BCUT2D eigenvalue weighted by Crippen LogP contribution is -1.95. The lowest BCUT2D eigenvalue weighted by atomic mass is 10.1. The Kier molecular flexibility index (Phi) is 2.82. The van der Waals surface area contributed by atoms with Gasteiger partial charge in [0.1, 0.15) is 5.82 Å².